The third-order valence-corrected chi connectivity index (χ3v) is 6.52. The monoisotopic (exact) mass is 509 g/mol. The van der Waals surface area contributed by atoms with E-state index in [0.717, 1.165) is 5.56 Å². The molecule has 1 amide bonds. The number of ether oxygens (including phenoxy) is 2. The van der Waals surface area contributed by atoms with Gasteiger partial charge in [-0.15, -0.1) is 0 Å². The van der Waals surface area contributed by atoms with Crippen LogP contribution >= 0.6 is 0 Å². The van der Waals surface area contributed by atoms with Gasteiger partial charge in [0.15, 0.2) is 22.7 Å². The molecule has 5 rings (SSSR count). The van der Waals surface area contributed by atoms with E-state index >= 15 is 0 Å². The third-order valence-electron chi connectivity index (χ3n) is 6.52. The Morgan fingerprint density at radius 2 is 1.79 bits per heavy atom. The fraction of sp³-hybridized carbons (Fsp3) is 0.194. The van der Waals surface area contributed by atoms with Gasteiger partial charge >= 0.3 is 0 Å². The number of carbonyl (C=O) groups excluding carboxylic acids is 2. The molecule has 4 aromatic rings. The van der Waals surface area contributed by atoms with Crippen molar-refractivity contribution in [3.8, 4) is 11.5 Å². The van der Waals surface area contributed by atoms with Gasteiger partial charge in [0.1, 0.15) is 12.2 Å². The first-order chi connectivity index (χ1) is 18.3. The normalized spacial score (nSPS) is 14.4. The van der Waals surface area contributed by atoms with Crippen molar-refractivity contribution in [1.29, 1.82) is 0 Å². The first kappa shape index (κ1) is 25.0. The highest BCUT2D eigenvalue weighted by Gasteiger charge is 2.44. The smallest absolute Gasteiger partial charge is 0.295 e. The van der Waals surface area contributed by atoms with Crippen LogP contribution in [0.15, 0.2) is 82.5 Å². The SMILES string of the molecule is C=CCOc1ccc(C2c3c(oc4ccc(C)cc4c3=O)C(=O)N2c2ccc(C(C)=O)cc2)cc1OCC. The molecule has 0 spiro atoms. The first-order valence-electron chi connectivity index (χ1n) is 12.4. The fourth-order valence-corrected chi connectivity index (χ4v) is 4.76. The van der Waals surface area contributed by atoms with Gasteiger partial charge in [-0.25, -0.2) is 0 Å². The molecule has 3 aromatic carbocycles. The third kappa shape index (κ3) is 4.26. The largest absolute Gasteiger partial charge is 0.490 e. The Morgan fingerprint density at radius 3 is 2.47 bits per heavy atom. The van der Waals surface area contributed by atoms with Crippen LogP contribution in [-0.4, -0.2) is 24.9 Å². The number of anilines is 1. The van der Waals surface area contributed by atoms with Crippen molar-refractivity contribution < 1.29 is 23.5 Å². The van der Waals surface area contributed by atoms with Crippen molar-refractivity contribution >= 4 is 28.3 Å². The molecule has 38 heavy (non-hydrogen) atoms. The minimum absolute atomic E-state index is 0.00283. The molecule has 0 N–H and O–H groups in total. The molecule has 0 saturated carbocycles. The van der Waals surface area contributed by atoms with Crippen molar-refractivity contribution in [2.45, 2.75) is 26.8 Å². The minimum atomic E-state index is -0.783. The van der Waals surface area contributed by atoms with Gasteiger partial charge in [-0.3, -0.25) is 19.3 Å². The summed E-state index contributed by atoms with van der Waals surface area (Å²) in [4.78, 5) is 41.1. The Bertz CT molecular complexity index is 1630. The number of nitrogens with zero attached hydrogens (tertiary/aromatic N) is 1. The molecule has 1 unspecified atom stereocenters. The van der Waals surface area contributed by atoms with Gasteiger partial charge < -0.3 is 13.9 Å². The number of fused-ring (bicyclic) bond motifs is 2. The van der Waals surface area contributed by atoms with Crippen LogP contribution in [0.5, 0.6) is 11.5 Å². The lowest BCUT2D eigenvalue weighted by atomic mass is 9.97. The Labute approximate surface area is 219 Å². The van der Waals surface area contributed by atoms with Gasteiger partial charge in [0.05, 0.1) is 23.6 Å². The van der Waals surface area contributed by atoms with Crippen LogP contribution in [0.1, 0.15) is 57.5 Å². The highest BCUT2D eigenvalue weighted by Crippen LogP contribution is 2.43. The zero-order chi connectivity index (χ0) is 27.0. The standard InChI is InChI=1S/C31H27NO6/c1-5-15-37-25-14-10-21(17-26(25)36-6-2)28-27-29(34)23-16-18(3)7-13-24(23)38-30(27)31(35)32(28)22-11-8-20(9-12-22)19(4)33/h5,7-14,16-17,28H,1,6,15H2,2-4H3. The van der Waals surface area contributed by atoms with Crippen molar-refractivity contribution in [1.82, 2.24) is 0 Å². The Balaban J connectivity index is 1.74. The maximum absolute atomic E-state index is 13.9. The lowest BCUT2D eigenvalue weighted by Crippen LogP contribution is -2.29. The van der Waals surface area contributed by atoms with Crippen molar-refractivity contribution in [3.63, 3.8) is 0 Å². The van der Waals surface area contributed by atoms with Gasteiger partial charge in [0.2, 0.25) is 5.76 Å². The molecule has 0 bridgehead atoms. The van der Waals surface area contributed by atoms with Crippen LogP contribution in [0.25, 0.3) is 11.0 Å². The maximum atomic E-state index is 13.9. The summed E-state index contributed by atoms with van der Waals surface area (Å²) in [6.45, 7) is 9.63. The van der Waals surface area contributed by atoms with E-state index in [1.807, 2.05) is 26.0 Å². The molecular formula is C31H27NO6. The predicted octanol–water partition coefficient (Wildman–Crippen LogP) is 6.02. The fourth-order valence-electron chi connectivity index (χ4n) is 4.76. The van der Waals surface area contributed by atoms with Crippen LogP contribution in [0.4, 0.5) is 5.69 Å². The molecule has 1 atom stereocenters. The van der Waals surface area contributed by atoms with Crippen molar-refractivity contribution in [2.75, 3.05) is 18.1 Å². The molecule has 1 aliphatic rings. The summed E-state index contributed by atoms with van der Waals surface area (Å²) < 4.78 is 17.7. The van der Waals surface area contributed by atoms with Gasteiger partial charge in [-0.05, 0) is 74.9 Å². The van der Waals surface area contributed by atoms with E-state index in [1.165, 1.54) is 11.8 Å². The Morgan fingerprint density at radius 1 is 1.03 bits per heavy atom. The zero-order valence-electron chi connectivity index (χ0n) is 21.4. The number of Topliss-reactive ketones (excluding diaryl/α,β-unsaturated/α-hetero) is 1. The zero-order valence-corrected chi connectivity index (χ0v) is 21.4. The van der Waals surface area contributed by atoms with Gasteiger partial charge in [-0.2, -0.15) is 0 Å². The van der Waals surface area contributed by atoms with Crippen LogP contribution in [0.2, 0.25) is 0 Å². The van der Waals surface area contributed by atoms with Crippen molar-refractivity contribution in [2.24, 2.45) is 0 Å². The molecular weight excluding hydrogens is 482 g/mol. The summed E-state index contributed by atoms with van der Waals surface area (Å²) in [7, 11) is 0. The molecule has 1 aliphatic heterocycles. The maximum Gasteiger partial charge on any atom is 0.295 e. The number of hydrogen-bond acceptors (Lipinski definition) is 6. The highest BCUT2D eigenvalue weighted by atomic mass is 16.5. The van der Waals surface area contributed by atoms with Crippen LogP contribution < -0.4 is 19.8 Å². The number of carbonyl (C=O) groups is 2. The Hall–Kier alpha value is -4.65. The Kier molecular flexibility index (Phi) is 6.59. The van der Waals surface area contributed by atoms with E-state index in [-0.39, 0.29) is 22.5 Å². The molecule has 2 heterocycles. The molecule has 0 aliphatic carbocycles. The van der Waals surface area contributed by atoms with Crippen molar-refractivity contribution in [3.05, 3.63) is 112 Å². The van der Waals surface area contributed by atoms with E-state index in [4.69, 9.17) is 13.9 Å². The number of rotatable bonds is 8. The van der Waals surface area contributed by atoms with Crippen LogP contribution in [-0.2, 0) is 0 Å². The van der Waals surface area contributed by atoms with Gasteiger partial charge in [0, 0.05) is 11.3 Å². The summed E-state index contributed by atoms with van der Waals surface area (Å²) >= 11 is 0. The van der Waals surface area contributed by atoms with E-state index in [9.17, 15) is 14.4 Å². The summed E-state index contributed by atoms with van der Waals surface area (Å²) in [5, 5.41) is 0.409. The van der Waals surface area contributed by atoms with E-state index < -0.39 is 11.9 Å². The second kappa shape index (κ2) is 10.0. The second-order valence-electron chi connectivity index (χ2n) is 9.09. The van der Waals surface area contributed by atoms with E-state index in [1.54, 1.807) is 54.6 Å². The molecule has 7 heteroatoms. The average Bonchev–Trinajstić information content (AvgIpc) is 3.21. The van der Waals surface area contributed by atoms with Gasteiger partial charge in [0.25, 0.3) is 5.91 Å². The summed E-state index contributed by atoms with van der Waals surface area (Å²) in [5.41, 5.74) is 2.95. The molecule has 0 radical (unpaired) electrons. The molecule has 7 nitrogen and oxygen atoms in total. The average molecular weight is 510 g/mol. The molecule has 0 saturated heterocycles. The lowest BCUT2D eigenvalue weighted by molar-refractivity contribution is 0.0970. The predicted molar refractivity (Wildman–Crippen MR) is 146 cm³/mol. The topological polar surface area (TPSA) is 86.0 Å². The van der Waals surface area contributed by atoms with Crippen LogP contribution in [0, 0.1) is 6.92 Å². The number of benzene rings is 3. The first-order valence-corrected chi connectivity index (χ1v) is 12.4. The quantitative estimate of drug-likeness (QED) is 0.213. The highest BCUT2D eigenvalue weighted by molar-refractivity contribution is 6.11. The summed E-state index contributed by atoms with van der Waals surface area (Å²) in [5.74, 6) is 0.486. The van der Waals surface area contributed by atoms with E-state index in [2.05, 4.69) is 6.58 Å². The van der Waals surface area contributed by atoms with Gasteiger partial charge in [-0.1, -0.05) is 30.4 Å². The number of hydrogen-bond donors (Lipinski definition) is 0. The number of amides is 1. The number of ketones is 1. The minimum Gasteiger partial charge on any atom is -0.490 e. The molecule has 192 valence electrons. The van der Waals surface area contributed by atoms with E-state index in [0.29, 0.717) is 52.5 Å². The lowest BCUT2D eigenvalue weighted by Gasteiger charge is -2.26. The molecule has 0 fully saturated rings. The number of aryl methyl sites for hydroxylation is 1. The summed E-state index contributed by atoms with van der Waals surface area (Å²) in [6.07, 6.45) is 1.64. The van der Waals surface area contributed by atoms with Crippen LogP contribution in [0.3, 0.4) is 0 Å². The molecule has 1 aromatic heterocycles. The summed E-state index contributed by atoms with van der Waals surface area (Å²) in [6, 6.07) is 16.6. The second-order valence-corrected chi connectivity index (χ2v) is 9.09.